The van der Waals surface area contributed by atoms with Gasteiger partial charge in [0.25, 0.3) is 0 Å². The van der Waals surface area contributed by atoms with Gasteiger partial charge in [0.2, 0.25) is 0 Å². The van der Waals surface area contributed by atoms with Crippen molar-refractivity contribution in [3.05, 3.63) is 0 Å². The molecule has 1 aliphatic carbocycles. The van der Waals surface area contributed by atoms with E-state index in [0.29, 0.717) is 0 Å². The van der Waals surface area contributed by atoms with E-state index in [4.69, 9.17) is 10.8 Å². The maximum atomic E-state index is 10.4. The summed E-state index contributed by atoms with van der Waals surface area (Å²) in [5, 5.41) is 18.4. The molecule has 1 atom stereocenters. The molecule has 0 aliphatic heterocycles. The molecule has 1 aliphatic rings. The van der Waals surface area contributed by atoms with Crippen molar-refractivity contribution < 1.29 is 15.0 Å². The van der Waals surface area contributed by atoms with Crippen LogP contribution in [0.25, 0.3) is 0 Å². The maximum absolute atomic E-state index is 10.4. The molecule has 5 heteroatoms. The fourth-order valence-corrected chi connectivity index (χ4v) is 2.11. The first-order valence-corrected chi connectivity index (χ1v) is 5.25. The molecule has 0 aromatic rings. The molecule has 1 unspecified atom stereocenters. The highest BCUT2D eigenvalue weighted by molar-refractivity contribution is 5.85. The van der Waals surface area contributed by atoms with Crippen LogP contribution in [0.4, 0.5) is 0 Å². The Hall–Kier alpha value is -0.320. The van der Waals surface area contributed by atoms with Crippen LogP contribution in [0.3, 0.4) is 0 Å². The predicted octanol–water partition coefficient (Wildman–Crippen LogP) is 1.50. The average Bonchev–Trinajstić information content (AvgIpc) is 2.16. The van der Waals surface area contributed by atoms with Crippen LogP contribution in [0, 0.1) is 5.92 Å². The number of rotatable bonds is 4. The van der Waals surface area contributed by atoms with E-state index in [-0.39, 0.29) is 31.2 Å². The molecule has 1 fully saturated rings. The third-order valence-electron chi connectivity index (χ3n) is 3.05. The van der Waals surface area contributed by atoms with Crippen molar-refractivity contribution >= 4 is 18.4 Å². The van der Waals surface area contributed by atoms with Crippen molar-refractivity contribution in [2.24, 2.45) is 11.7 Å². The van der Waals surface area contributed by atoms with Gasteiger partial charge in [0, 0.05) is 18.8 Å². The van der Waals surface area contributed by atoms with Crippen LogP contribution in [-0.2, 0) is 4.79 Å². The monoisotopic (exact) mass is 237 g/mol. The molecule has 0 saturated heterocycles. The molecular weight excluding hydrogens is 218 g/mol. The molecule has 0 heterocycles. The first-order valence-electron chi connectivity index (χ1n) is 5.25. The number of hydrogen-bond acceptors (Lipinski definition) is 3. The summed E-state index contributed by atoms with van der Waals surface area (Å²) in [6.45, 7) is 0. The number of aliphatic hydroxyl groups is 1. The molecule has 15 heavy (non-hydrogen) atoms. The third kappa shape index (κ3) is 4.82. The van der Waals surface area contributed by atoms with Gasteiger partial charge in [0.05, 0.1) is 0 Å². The van der Waals surface area contributed by atoms with E-state index in [2.05, 4.69) is 0 Å². The van der Waals surface area contributed by atoms with Gasteiger partial charge in [-0.3, -0.25) is 4.79 Å². The number of halogens is 1. The van der Waals surface area contributed by atoms with Crippen molar-refractivity contribution in [2.45, 2.75) is 50.7 Å². The zero-order valence-electron chi connectivity index (χ0n) is 8.82. The van der Waals surface area contributed by atoms with Crippen molar-refractivity contribution in [2.75, 3.05) is 0 Å². The van der Waals surface area contributed by atoms with E-state index in [1.54, 1.807) is 0 Å². The van der Waals surface area contributed by atoms with Gasteiger partial charge >= 0.3 is 5.97 Å². The van der Waals surface area contributed by atoms with E-state index in [0.717, 1.165) is 25.7 Å². The van der Waals surface area contributed by atoms with Gasteiger partial charge in [0.15, 0.2) is 0 Å². The van der Waals surface area contributed by atoms with E-state index in [9.17, 15) is 9.90 Å². The molecule has 1 rings (SSSR count). The highest BCUT2D eigenvalue weighted by Gasteiger charge is 2.33. The van der Waals surface area contributed by atoms with Crippen LogP contribution in [0.1, 0.15) is 44.9 Å². The molecule has 90 valence electrons. The summed E-state index contributed by atoms with van der Waals surface area (Å²) < 4.78 is 0. The van der Waals surface area contributed by atoms with Crippen LogP contribution in [0.15, 0.2) is 0 Å². The van der Waals surface area contributed by atoms with Gasteiger partial charge in [-0.2, -0.15) is 0 Å². The average molecular weight is 238 g/mol. The lowest BCUT2D eigenvalue weighted by Crippen LogP contribution is -2.48. The van der Waals surface area contributed by atoms with Crippen molar-refractivity contribution in [1.82, 2.24) is 0 Å². The summed E-state index contributed by atoms with van der Waals surface area (Å²) in [5.74, 6) is -0.819. The number of aliphatic carboxylic acids is 1. The Morgan fingerprint density at radius 2 is 1.87 bits per heavy atom. The fourth-order valence-electron chi connectivity index (χ4n) is 2.11. The lowest BCUT2D eigenvalue weighted by Gasteiger charge is -2.35. The Kier molecular flexibility index (Phi) is 6.17. The Bertz CT molecular complexity index is 203. The van der Waals surface area contributed by atoms with Crippen LogP contribution < -0.4 is 5.73 Å². The molecule has 0 aromatic heterocycles. The number of hydrogen-bond donors (Lipinski definition) is 3. The quantitative estimate of drug-likeness (QED) is 0.647. The van der Waals surface area contributed by atoms with Gasteiger partial charge in [-0.15, -0.1) is 12.4 Å². The SMILES string of the molecule is Cl.NC(O)(CCC(=O)O)C1CCCCC1. The Balaban J connectivity index is 0.00000196. The zero-order chi connectivity index (χ0) is 10.6. The molecular formula is C10H20ClNO3. The van der Waals surface area contributed by atoms with Crippen molar-refractivity contribution in [3.8, 4) is 0 Å². The molecule has 0 radical (unpaired) electrons. The number of carboxylic acid groups (broad SMARTS) is 1. The first-order chi connectivity index (χ1) is 6.52. The van der Waals surface area contributed by atoms with E-state index in [1.165, 1.54) is 6.42 Å². The summed E-state index contributed by atoms with van der Waals surface area (Å²) in [6, 6.07) is 0. The second-order valence-corrected chi connectivity index (χ2v) is 4.22. The summed E-state index contributed by atoms with van der Waals surface area (Å²) >= 11 is 0. The summed E-state index contributed by atoms with van der Waals surface area (Å²) in [7, 11) is 0. The minimum absolute atomic E-state index is 0. The Morgan fingerprint density at radius 3 is 2.33 bits per heavy atom. The van der Waals surface area contributed by atoms with Gasteiger partial charge in [-0.25, -0.2) is 0 Å². The van der Waals surface area contributed by atoms with Crippen LogP contribution in [0.5, 0.6) is 0 Å². The van der Waals surface area contributed by atoms with Crippen LogP contribution in [0.2, 0.25) is 0 Å². The molecule has 0 bridgehead atoms. The lowest BCUT2D eigenvalue weighted by molar-refractivity contribution is -0.139. The minimum atomic E-state index is -1.28. The molecule has 4 nitrogen and oxygen atoms in total. The molecule has 0 aromatic carbocycles. The largest absolute Gasteiger partial charge is 0.481 e. The highest BCUT2D eigenvalue weighted by Crippen LogP contribution is 2.32. The minimum Gasteiger partial charge on any atom is -0.481 e. The third-order valence-corrected chi connectivity index (χ3v) is 3.05. The van der Waals surface area contributed by atoms with Gasteiger partial charge in [-0.1, -0.05) is 19.3 Å². The van der Waals surface area contributed by atoms with Crippen LogP contribution in [-0.4, -0.2) is 21.9 Å². The second kappa shape index (κ2) is 6.30. The molecule has 1 saturated carbocycles. The maximum Gasteiger partial charge on any atom is 0.303 e. The number of carbonyl (C=O) groups is 1. The molecule has 0 amide bonds. The normalized spacial score (nSPS) is 21.5. The second-order valence-electron chi connectivity index (χ2n) is 4.22. The Labute approximate surface area is 96.3 Å². The summed E-state index contributed by atoms with van der Waals surface area (Å²) in [4.78, 5) is 10.4. The smallest absolute Gasteiger partial charge is 0.303 e. The summed E-state index contributed by atoms with van der Waals surface area (Å²) in [5.41, 5.74) is 4.45. The van der Waals surface area contributed by atoms with E-state index < -0.39 is 11.7 Å². The zero-order valence-corrected chi connectivity index (χ0v) is 9.63. The number of nitrogens with two attached hydrogens (primary N) is 1. The standard InChI is InChI=1S/C10H19NO3.ClH/c11-10(14,7-6-9(12)13)8-4-2-1-3-5-8;/h8,14H,1-7,11H2,(H,12,13);1H. The number of carboxylic acids is 1. The predicted molar refractivity (Wildman–Crippen MR) is 59.8 cm³/mol. The van der Waals surface area contributed by atoms with Crippen molar-refractivity contribution in [1.29, 1.82) is 0 Å². The molecule has 0 spiro atoms. The topological polar surface area (TPSA) is 83.5 Å². The van der Waals surface area contributed by atoms with E-state index in [1.807, 2.05) is 0 Å². The molecule has 4 N–H and O–H groups in total. The lowest BCUT2D eigenvalue weighted by atomic mass is 9.80. The first kappa shape index (κ1) is 14.7. The summed E-state index contributed by atoms with van der Waals surface area (Å²) in [6.07, 6.45) is 5.34. The van der Waals surface area contributed by atoms with Gasteiger partial charge in [-0.05, 0) is 12.8 Å². The fraction of sp³-hybridized carbons (Fsp3) is 0.900. The van der Waals surface area contributed by atoms with E-state index >= 15 is 0 Å². The highest BCUT2D eigenvalue weighted by atomic mass is 35.5. The van der Waals surface area contributed by atoms with Crippen molar-refractivity contribution in [3.63, 3.8) is 0 Å². The Morgan fingerprint density at radius 1 is 1.33 bits per heavy atom. The van der Waals surface area contributed by atoms with Crippen LogP contribution >= 0.6 is 12.4 Å². The van der Waals surface area contributed by atoms with Gasteiger partial charge in [0.1, 0.15) is 5.72 Å². The van der Waals surface area contributed by atoms with Gasteiger partial charge < -0.3 is 15.9 Å².